The predicted molar refractivity (Wildman–Crippen MR) is 105 cm³/mol. The van der Waals surface area contributed by atoms with E-state index >= 15 is 0 Å². The van der Waals surface area contributed by atoms with Gasteiger partial charge in [0.2, 0.25) is 0 Å². The Morgan fingerprint density at radius 3 is 2.70 bits per heavy atom. The lowest BCUT2D eigenvalue weighted by Crippen LogP contribution is -2.37. The molecular weight excluding hydrogens is 346 g/mol. The number of nitrogen functional groups attached to an aromatic ring is 1. The Morgan fingerprint density at radius 1 is 1.26 bits per heavy atom. The normalized spacial score (nSPS) is 10.9. The van der Waals surface area contributed by atoms with Gasteiger partial charge in [-0.05, 0) is 6.42 Å². The monoisotopic (exact) mass is 369 g/mol. The molecule has 0 spiro atoms. The summed E-state index contributed by atoms with van der Waals surface area (Å²) >= 11 is 0. The third kappa shape index (κ3) is 3.94. The first-order valence-electron chi connectivity index (χ1n) is 8.86. The largest absolute Gasteiger partial charge is 0.383 e. The molecule has 0 bridgehead atoms. The maximum absolute atomic E-state index is 12.3. The molecule has 8 heteroatoms. The number of hydrogen-bond acceptors (Lipinski definition) is 6. The van der Waals surface area contributed by atoms with Gasteiger partial charge in [0.05, 0.1) is 6.54 Å². The summed E-state index contributed by atoms with van der Waals surface area (Å²) in [6.07, 6.45) is 1.71. The van der Waals surface area contributed by atoms with Crippen molar-refractivity contribution in [3.63, 3.8) is 0 Å². The van der Waals surface area contributed by atoms with Crippen molar-refractivity contribution < 1.29 is 4.52 Å². The van der Waals surface area contributed by atoms with Crippen LogP contribution in [-0.2, 0) is 13.1 Å². The first-order valence-corrected chi connectivity index (χ1v) is 8.86. The Kier molecular flexibility index (Phi) is 5.44. The third-order valence-electron chi connectivity index (χ3n) is 4.35. The molecule has 0 atom stereocenters. The van der Waals surface area contributed by atoms with Gasteiger partial charge in [-0.25, -0.2) is 4.79 Å². The Bertz CT molecular complexity index is 1020. The highest BCUT2D eigenvalue weighted by molar-refractivity contribution is 5.62. The van der Waals surface area contributed by atoms with E-state index < -0.39 is 11.2 Å². The summed E-state index contributed by atoms with van der Waals surface area (Å²) in [6, 6.07) is 11.5. The summed E-state index contributed by atoms with van der Waals surface area (Å²) in [5, 5.41) is 4.08. The summed E-state index contributed by atoms with van der Waals surface area (Å²) in [4.78, 5) is 28.3. The second-order valence-electron chi connectivity index (χ2n) is 6.40. The van der Waals surface area contributed by atoms with Crippen LogP contribution < -0.4 is 21.9 Å². The minimum atomic E-state index is -0.518. The average Bonchev–Trinajstić information content (AvgIpc) is 3.10. The van der Waals surface area contributed by atoms with Gasteiger partial charge in [0.25, 0.3) is 5.56 Å². The van der Waals surface area contributed by atoms with E-state index in [2.05, 4.69) is 10.1 Å². The van der Waals surface area contributed by atoms with Gasteiger partial charge in [-0.2, -0.15) is 0 Å². The van der Waals surface area contributed by atoms with Crippen molar-refractivity contribution in [1.29, 1.82) is 0 Å². The van der Waals surface area contributed by atoms with Crippen molar-refractivity contribution in [1.82, 2.24) is 14.7 Å². The van der Waals surface area contributed by atoms with E-state index in [1.807, 2.05) is 43.3 Å². The van der Waals surface area contributed by atoms with Crippen molar-refractivity contribution in [3.8, 4) is 11.3 Å². The molecule has 0 fully saturated rings. The van der Waals surface area contributed by atoms with Gasteiger partial charge in [-0.3, -0.25) is 14.3 Å². The van der Waals surface area contributed by atoms with Crippen LogP contribution >= 0.6 is 0 Å². The molecule has 0 saturated heterocycles. The van der Waals surface area contributed by atoms with E-state index in [9.17, 15) is 9.59 Å². The fourth-order valence-electron chi connectivity index (χ4n) is 2.93. The number of hydrogen-bond donors (Lipinski definition) is 2. The molecule has 0 aliphatic carbocycles. The number of nitrogens with zero attached hydrogens (tertiary/aromatic N) is 3. The van der Waals surface area contributed by atoms with Crippen LogP contribution in [0.15, 0.2) is 50.5 Å². The summed E-state index contributed by atoms with van der Waals surface area (Å²) in [5.41, 5.74) is 7.02. The van der Waals surface area contributed by atoms with Crippen LogP contribution in [0.5, 0.6) is 0 Å². The van der Waals surface area contributed by atoms with Crippen molar-refractivity contribution >= 4 is 11.5 Å². The maximum atomic E-state index is 12.3. The van der Waals surface area contributed by atoms with Crippen molar-refractivity contribution in [3.05, 3.63) is 63.0 Å². The molecule has 0 aliphatic rings. The van der Waals surface area contributed by atoms with Gasteiger partial charge in [-0.15, -0.1) is 0 Å². The molecule has 2 aromatic heterocycles. The number of anilines is 2. The molecule has 0 saturated carbocycles. The molecule has 0 amide bonds. The molecular formula is C19H23N5O3. The number of benzene rings is 1. The van der Waals surface area contributed by atoms with Crippen LogP contribution in [0.3, 0.4) is 0 Å². The lowest BCUT2D eigenvalue weighted by Gasteiger charge is -2.20. The number of nitrogens with one attached hydrogen (secondary N) is 1. The van der Waals surface area contributed by atoms with Gasteiger partial charge >= 0.3 is 5.69 Å². The van der Waals surface area contributed by atoms with E-state index in [0.29, 0.717) is 24.5 Å². The lowest BCUT2D eigenvalue weighted by molar-refractivity contribution is 0.385. The smallest absolute Gasteiger partial charge is 0.330 e. The van der Waals surface area contributed by atoms with E-state index in [-0.39, 0.29) is 11.5 Å². The van der Waals surface area contributed by atoms with Gasteiger partial charge in [0, 0.05) is 25.2 Å². The zero-order valence-electron chi connectivity index (χ0n) is 15.4. The van der Waals surface area contributed by atoms with Crippen molar-refractivity contribution in [2.24, 2.45) is 0 Å². The summed E-state index contributed by atoms with van der Waals surface area (Å²) in [5.74, 6) is 0.740. The number of nitrogens with two attached hydrogens (primary N) is 1. The van der Waals surface area contributed by atoms with Crippen molar-refractivity contribution in [2.45, 2.75) is 32.9 Å². The van der Waals surface area contributed by atoms with Crippen LogP contribution in [0.1, 0.15) is 25.5 Å². The molecule has 0 aliphatic heterocycles. The van der Waals surface area contributed by atoms with Crippen LogP contribution in [0.25, 0.3) is 11.3 Å². The van der Waals surface area contributed by atoms with Gasteiger partial charge in [0.15, 0.2) is 5.76 Å². The summed E-state index contributed by atoms with van der Waals surface area (Å²) in [7, 11) is 1.72. The molecule has 27 heavy (non-hydrogen) atoms. The predicted octanol–water partition coefficient (Wildman–Crippen LogP) is 2.21. The molecule has 1 aromatic carbocycles. The Labute approximate surface area is 156 Å². The molecule has 3 rings (SSSR count). The van der Waals surface area contributed by atoms with Crippen molar-refractivity contribution in [2.75, 3.05) is 17.7 Å². The van der Waals surface area contributed by atoms with E-state index in [0.717, 1.165) is 18.4 Å². The topological polar surface area (TPSA) is 110 Å². The maximum Gasteiger partial charge on any atom is 0.330 e. The zero-order valence-corrected chi connectivity index (χ0v) is 15.4. The van der Waals surface area contributed by atoms with Crippen LogP contribution in [0, 0.1) is 0 Å². The minimum Gasteiger partial charge on any atom is -0.383 e. The SMILES string of the molecule is CCCCn1c(N)c(N(C)Cc2cc(-c3ccccc3)no2)c(=O)[nH]c1=O. The molecule has 3 N–H and O–H groups in total. The molecule has 3 aromatic rings. The highest BCUT2D eigenvalue weighted by atomic mass is 16.5. The number of aromatic nitrogens is 3. The summed E-state index contributed by atoms with van der Waals surface area (Å²) < 4.78 is 6.79. The zero-order chi connectivity index (χ0) is 19.4. The Balaban J connectivity index is 1.86. The standard InChI is InChI=1S/C19H23N5O3/c1-3-4-10-24-17(20)16(18(25)21-19(24)26)23(2)12-14-11-15(22-27-14)13-8-6-5-7-9-13/h5-9,11H,3-4,10,12,20H2,1-2H3,(H,21,25,26). The quantitative estimate of drug-likeness (QED) is 0.661. The number of aromatic amines is 1. The third-order valence-corrected chi connectivity index (χ3v) is 4.35. The second kappa shape index (κ2) is 7.94. The highest BCUT2D eigenvalue weighted by Crippen LogP contribution is 2.22. The highest BCUT2D eigenvalue weighted by Gasteiger charge is 2.18. The fraction of sp³-hybridized carbons (Fsp3) is 0.316. The minimum absolute atomic E-state index is 0.155. The Morgan fingerprint density at radius 2 is 2.00 bits per heavy atom. The molecule has 142 valence electrons. The molecule has 0 radical (unpaired) electrons. The Hall–Kier alpha value is -3.29. The first kappa shape index (κ1) is 18.5. The molecule has 0 unspecified atom stereocenters. The summed E-state index contributed by atoms with van der Waals surface area (Å²) in [6.45, 7) is 2.77. The van der Waals surface area contributed by atoms with Gasteiger partial charge < -0.3 is 15.2 Å². The van der Waals surface area contributed by atoms with Gasteiger partial charge in [-0.1, -0.05) is 48.8 Å². The molecule has 2 heterocycles. The second-order valence-corrected chi connectivity index (χ2v) is 6.40. The average molecular weight is 369 g/mol. The van der Waals surface area contributed by atoms with Crippen LogP contribution in [0.2, 0.25) is 0 Å². The fourth-order valence-corrected chi connectivity index (χ4v) is 2.93. The van der Waals surface area contributed by atoms with Crippen LogP contribution in [0.4, 0.5) is 11.5 Å². The number of unbranched alkanes of at least 4 members (excludes halogenated alkanes) is 1. The number of H-pyrrole nitrogens is 1. The van der Waals surface area contributed by atoms with Gasteiger partial charge in [0.1, 0.15) is 17.2 Å². The number of rotatable bonds is 7. The van der Waals surface area contributed by atoms with E-state index in [1.54, 1.807) is 11.9 Å². The lowest BCUT2D eigenvalue weighted by atomic mass is 10.1. The molecule has 8 nitrogen and oxygen atoms in total. The van der Waals surface area contributed by atoms with E-state index in [4.69, 9.17) is 10.3 Å². The first-order chi connectivity index (χ1) is 13.0. The van der Waals surface area contributed by atoms with E-state index in [1.165, 1.54) is 4.57 Å². The van der Waals surface area contributed by atoms with Crippen LogP contribution in [-0.4, -0.2) is 21.8 Å².